The van der Waals surface area contributed by atoms with E-state index in [1.54, 1.807) is 7.11 Å². The van der Waals surface area contributed by atoms with Gasteiger partial charge < -0.3 is 15.0 Å². The number of methoxy groups -OCH3 is 1. The summed E-state index contributed by atoms with van der Waals surface area (Å²) in [4.78, 5) is 2.14. The number of hydrogen-bond donors (Lipinski definition) is 1. The summed E-state index contributed by atoms with van der Waals surface area (Å²) in [6, 6.07) is 8.34. The molecule has 1 atom stereocenters. The van der Waals surface area contributed by atoms with Gasteiger partial charge in [-0.3, -0.25) is 0 Å². The lowest BCUT2D eigenvalue weighted by molar-refractivity contribution is 0.402. The van der Waals surface area contributed by atoms with Crippen LogP contribution >= 0.6 is 0 Å². The molecular weight excluding hydrogens is 238 g/mol. The Balaban J connectivity index is 2.12. The Morgan fingerprint density at radius 1 is 1.47 bits per heavy atom. The quantitative estimate of drug-likeness (QED) is 0.900. The normalized spacial score (nSPS) is 18.7. The second kappa shape index (κ2) is 6.44. The largest absolute Gasteiger partial charge is 0.497 e. The number of nitriles is 1. The number of anilines is 1. The van der Waals surface area contributed by atoms with Gasteiger partial charge in [0.1, 0.15) is 11.8 Å². The van der Waals surface area contributed by atoms with Gasteiger partial charge in [-0.05, 0) is 31.5 Å². The van der Waals surface area contributed by atoms with E-state index < -0.39 is 0 Å². The van der Waals surface area contributed by atoms with E-state index in [1.807, 2.05) is 25.2 Å². The van der Waals surface area contributed by atoms with Gasteiger partial charge in [0.2, 0.25) is 0 Å². The van der Waals surface area contributed by atoms with E-state index in [-0.39, 0.29) is 0 Å². The average Bonchev–Trinajstić information content (AvgIpc) is 2.47. The highest BCUT2D eigenvalue weighted by molar-refractivity contribution is 5.61. The molecule has 1 N–H and O–H groups in total. The molecule has 0 aliphatic carbocycles. The molecule has 1 fully saturated rings. The lowest BCUT2D eigenvalue weighted by Crippen LogP contribution is -2.42. The molecule has 4 nitrogen and oxygen atoms in total. The van der Waals surface area contributed by atoms with Gasteiger partial charge in [0.05, 0.1) is 18.4 Å². The zero-order chi connectivity index (χ0) is 13.7. The second-order valence-electron chi connectivity index (χ2n) is 5.02. The summed E-state index contributed by atoms with van der Waals surface area (Å²) in [5.74, 6) is 0.789. The monoisotopic (exact) mass is 259 g/mol. The first kappa shape index (κ1) is 13.7. The Labute approximate surface area is 115 Å². The van der Waals surface area contributed by atoms with Crippen LogP contribution in [0.3, 0.4) is 0 Å². The van der Waals surface area contributed by atoms with E-state index in [9.17, 15) is 5.26 Å². The molecule has 0 amide bonds. The molecular formula is C15H21N3O. The summed E-state index contributed by atoms with van der Waals surface area (Å²) < 4.78 is 5.24. The molecule has 1 unspecified atom stereocenters. The minimum atomic E-state index is 0.511. The van der Waals surface area contributed by atoms with E-state index in [2.05, 4.69) is 16.3 Å². The van der Waals surface area contributed by atoms with Crippen molar-refractivity contribution in [1.82, 2.24) is 5.32 Å². The Morgan fingerprint density at radius 3 is 2.95 bits per heavy atom. The number of ether oxygens (including phenoxy) is 1. The number of likely N-dealkylation sites (N-methyl/N-ethyl adjacent to an activating group) is 1. The Morgan fingerprint density at radius 2 is 2.32 bits per heavy atom. The lowest BCUT2D eigenvalue weighted by atomic mass is 10.0. The third-order valence-corrected chi connectivity index (χ3v) is 3.64. The van der Waals surface area contributed by atoms with Crippen molar-refractivity contribution in [2.75, 3.05) is 32.1 Å². The second-order valence-corrected chi connectivity index (χ2v) is 5.02. The molecule has 2 rings (SSSR count). The van der Waals surface area contributed by atoms with Gasteiger partial charge in [-0.2, -0.15) is 5.26 Å². The van der Waals surface area contributed by atoms with Crippen molar-refractivity contribution in [2.45, 2.75) is 25.3 Å². The minimum absolute atomic E-state index is 0.511. The van der Waals surface area contributed by atoms with Gasteiger partial charge in [-0.1, -0.05) is 6.42 Å². The summed E-state index contributed by atoms with van der Waals surface area (Å²) in [6.45, 7) is 2.02. The van der Waals surface area contributed by atoms with Crippen LogP contribution < -0.4 is 15.0 Å². The van der Waals surface area contributed by atoms with Gasteiger partial charge >= 0.3 is 0 Å². The standard InChI is InChI=1S/C15H21N3O/c1-18(11-13-5-3-4-8-17-13)15-9-14(19-2)7-6-12(15)10-16/h6-7,9,13,17H,3-5,8,11H2,1-2H3. The number of benzene rings is 1. The summed E-state index contributed by atoms with van der Waals surface area (Å²) >= 11 is 0. The van der Waals surface area contributed by atoms with E-state index >= 15 is 0 Å². The van der Waals surface area contributed by atoms with Gasteiger partial charge in [0.25, 0.3) is 0 Å². The van der Waals surface area contributed by atoms with E-state index in [0.29, 0.717) is 11.6 Å². The summed E-state index contributed by atoms with van der Waals surface area (Å²) in [5, 5.41) is 12.7. The van der Waals surface area contributed by atoms with Crippen molar-refractivity contribution in [3.05, 3.63) is 23.8 Å². The van der Waals surface area contributed by atoms with E-state index in [4.69, 9.17) is 4.74 Å². The predicted molar refractivity (Wildman–Crippen MR) is 76.6 cm³/mol. The average molecular weight is 259 g/mol. The SMILES string of the molecule is COc1ccc(C#N)c(N(C)CC2CCCCN2)c1. The highest BCUT2D eigenvalue weighted by Crippen LogP contribution is 2.25. The fraction of sp³-hybridized carbons (Fsp3) is 0.533. The third-order valence-electron chi connectivity index (χ3n) is 3.64. The highest BCUT2D eigenvalue weighted by Gasteiger charge is 2.16. The molecule has 1 aliphatic rings. The van der Waals surface area contributed by atoms with Crippen molar-refractivity contribution in [3.8, 4) is 11.8 Å². The maximum atomic E-state index is 9.20. The molecule has 4 heteroatoms. The number of hydrogen-bond acceptors (Lipinski definition) is 4. The number of nitrogens with zero attached hydrogens (tertiary/aromatic N) is 2. The molecule has 0 radical (unpaired) electrons. The zero-order valence-corrected chi connectivity index (χ0v) is 11.6. The van der Waals surface area contributed by atoms with Crippen molar-refractivity contribution in [2.24, 2.45) is 0 Å². The van der Waals surface area contributed by atoms with Crippen LogP contribution in [-0.4, -0.2) is 33.3 Å². The third kappa shape index (κ3) is 3.39. The van der Waals surface area contributed by atoms with Gasteiger partial charge in [-0.15, -0.1) is 0 Å². The fourth-order valence-electron chi connectivity index (χ4n) is 2.56. The zero-order valence-electron chi connectivity index (χ0n) is 11.6. The van der Waals surface area contributed by atoms with Crippen LogP contribution in [0.15, 0.2) is 18.2 Å². The molecule has 1 aromatic rings. The maximum absolute atomic E-state index is 9.20. The van der Waals surface area contributed by atoms with Crippen LogP contribution in [0.4, 0.5) is 5.69 Å². The first-order valence-corrected chi connectivity index (χ1v) is 6.77. The highest BCUT2D eigenvalue weighted by atomic mass is 16.5. The summed E-state index contributed by atoms with van der Waals surface area (Å²) in [7, 11) is 3.68. The van der Waals surface area contributed by atoms with Crippen molar-refractivity contribution < 1.29 is 4.74 Å². The summed E-state index contributed by atoms with van der Waals surface area (Å²) in [6.07, 6.45) is 3.76. The molecule has 1 heterocycles. The van der Waals surface area contributed by atoms with E-state index in [1.165, 1.54) is 19.3 Å². The van der Waals surface area contributed by atoms with Crippen LogP contribution in [0, 0.1) is 11.3 Å². The van der Waals surface area contributed by atoms with Gasteiger partial charge in [0, 0.05) is 25.7 Å². The molecule has 1 aliphatic heterocycles. The minimum Gasteiger partial charge on any atom is -0.497 e. The number of nitrogens with one attached hydrogen (secondary N) is 1. The molecule has 1 aromatic carbocycles. The Kier molecular flexibility index (Phi) is 4.64. The topological polar surface area (TPSA) is 48.3 Å². The molecule has 102 valence electrons. The Bertz CT molecular complexity index is 461. The molecule has 0 aromatic heterocycles. The molecule has 0 bridgehead atoms. The summed E-state index contributed by atoms with van der Waals surface area (Å²) in [5.41, 5.74) is 1.63. The smallest absolute Gasteiger partial charge is 0.121 e. The first-order valence-electron chi connectivity index (χ1n) is 6.77. The molecule has 19 heavy (non-hydrogen) atoms. The van der Waals surface area contributed by atoms with E-state index in [0.717, 1.165) is 24.5 Å². The molecule has 1 saturated heterocycles. The van der Waals surface area contributed by atoms with Crippen LogP contribution in [0.2, 0.25) is 0 Å². The van der Waals surface area contributed by atoms with Gasteiger partial charge in [0.15, 0.2) is 0 Å². The van der Waals surface area contributed by atoms with Crippen molar-refractivity contribution in [1.29, 1.82) is 5.26 Å². The molecule has 0 spiro atoms. The van der Waals surface area contributed by atoms with Crippen LogP contribution in [0.25, 0.3) is 0 Å². The first-order chi connectivity index (χ1) is 9.24. The Hall–Kier alpha value is -1.73. The van der Waals surface area contributed by atoms with Gasteiger partial charge in [-0.25, -0.2) is 0 Å². The fourth-order valence-corrected chi connectivity index (χ4v) is 2.56. The van der Waals surface area contributed by atoms with Crippen LogP contribution in [0.1, 0.15) is 24.8 Å². The number of rotatable bonds is 4. The number of piperidine rings is 1. The van der Waals surface area contributed by atoms with Crippen molar-refractivity contribution >= 4 is 5.69 Å². The van der Waals surface area contributed by atoms with Crippen LogP contribution in [-0.2, 0) is 0 Å². The predicted octanol–water partition coefficient (Wildman–Crippen LogP) is 2.15. The lowest BCUT2D eigenvalue weighted by Gasteiger charge is -2.30. The molecule has 0 saturated carbocycles. The van der Waals surface area contributed by atoms with Crippen LogP contribution in [0.5, 0.6) is 5.75 Å². The maximum Gasteiger partial charge on any atom is 0.121 e. The van der Waals surface area contributed by atoms with Crippen molar-refractivity contribution in [3.63, 3.8) is 0 Å².